The number of rotatable bonds is 4. The zero-order chi connectivity index (χ0) is 10.6. The van der Waals surface area contributed by atoms with Gasteiger partial charge in [0.15, 0.2) is 0 Å². The summed E-state index contributed by atoms with van der Waals surface area (Å²) in [5, 5.41) is 3.24. The second-order valence-electron chi connectivity index (χ2n) is 4.08. The number of primary amides is 1. The molecule has 0 spiro atoms. The summed E-state index contributed by atoms with van der Waals surface area (Å²) in [6.45, 7) is 3.56. The van der Waals surface area contributed by atoms with Gasteiger partial charge in [0.2, 0.25) is 5.91 Å². The highest BCUT2D eigenvalue weighted by Gasteiger charge is 2.27. The Balaban J connectivity index is 2.54. The third-order valence-corrected chi connectivity index (χ3v) is 3.06. The summed E-state index contributed by atoms with van der Waals surface area (Å²) < 4.78 is 0. The van der Waals surface area contributed by atoms with Gasteiger partial charge in [0, 0.05) is 12.1 Å². The van der Waals surface area contributed by atoms with Crippen LogP contribution in [0.25, 0.3) is 0 Å². The van der Waals surface area contributed by atoms with E-state index in [0.29, 0.717) is 18.6 Å². The van der Waals surface area contributed by atoms with E-state index in [1.807, 2.05) is 7.05 Å². The predicted molar refractivity (Wildman–Crippen MR) is 56.9 cm³/mol. The van der Waals surface area contributed by atoms with Crippen molar-refractivity contribution < 1.29 is 4.79 Å². The number of carbonyl (C=O) groups excluding carboxylic acids is 1. The third-order valence-electron chi connectivity index (χ3n) is 3.06. The first kappa shape index (κ1) is 11.5. The second-order valence-corrected chi connectivity index (χ2v) is 4.08. The fourth-order valence-corrected chi connectivity index (χ4v) is 2.17. The molecule has 1 heterocycles. The maximum absolute atomic E-state index is 10.9. The minimum Gasteiger partial charge on any atom is -0.369 e. The van der Waals surface area contributed by atoms with Crippen molar-refractivity contribution in [3.05, 3.63) is 0 Å². The summed E-state index contributed by atoms with van der Waals surface area (Å²) >= 11 is 0. The number of nitrogens with two attached hydrogens (primary N) is 1. The van der Waals surface area contributed by atoms with Gasteiger partial charge in [-0.15, -0.1) is 0 Å². The Kier molecular flexibility index (Phi) is 4.35. The Morgan fingerprint density at radius 3 is 2.93 bits per heavy atom. The molecule has 14 heavy (non-hydrogen) atoms. The standard InChI is InChI=1S/C10H21N3O/c1-8(12-2)9-5-3-4-6-13(9)7-10(11)14/h8-9,12H,3-7H2,1-2H3,(H2,11,14). The van der Waals surface area contributed by atoms with Crippen LogP contribution < -0.4 is 11.1 Å². The van der Waals surface area contributed by atoms with E-state index in [1.165, 1.54) is 12.8 Å². The second kappa shape index (κ2) is 5.32. The van der Waals surface area contributed by atoms with Gasteiger partial charge in [0.05, 0.1) is 6.54 Å². The Hall–Kier alpha value is -0.610. The number of hydrogen-bond acceptors (Lipinski definition) is 3. The summed E-state index contributed by atoms with van der Waals surface area (Å²) in [5.74, 6) is -0.222. The maximum atomic E-state index is 10.9. The first-order valence-electron chi connectivity index (χ1n) is 5.34. The van der Waals surface area contributed by atoms with Crippen molar-refractivity contribution in [1.29, 1.82) is 0 Å². The Labute approximate surface area is 85.8 Å². The molecule has 1 fully saturated rings. The minimum atomic E-state index is -0.222. The third kappa shape index (κ3) is 2.96. The van der Waals surface area contributed by atoms with Crippen LogP contribution in [0.4, 0.5) is 0 Å². The molecule has 1 rings (SSSR count). The van der Waals surface area contributed by atoms with Crippen LogP contribution in [0.3, 0.4) is 0 Å². The average Bonchev–Trinajstić information content (AvgIpc) is 2.16. The van der Waals surface area contributed by atoms with E-state index in [9.17, 15) is 4.79 Å². The fraction of sp³-hybridized carbons (Fsp3) is 0.900. The van der Waals surface area contributed by atoms with Crippen LogP contribution in [0.2, 0.25) is 0 Å². The number of amides is 1. The summed E-state index contributed by atoms with van der Waals surface area (Å²) in [6.07, 6.45) is 3.60. The van der Waals surface area contributed by atoms with Crippen LogP contribution >= 0.6 is 0 Å². The van der Waals surface area contributed by atoms with Gasteiger partial charge in [0.1, 0.15) is 0 Å². The van der Waals surface area contributed by atoms with Gasteiger partial charge in [-0.05, 0) is 33.4 Å². The van der Waals surface area contributed by atoms with E-state index >= 15 is 0 Å². The molecule has 2 atom stereocenters. The van der Waals surface area contributed by atoms with Crippen LogP contribution in [-0.2, 0) is 4.79 Å². The van der Waals surface area contributed by atoms with E-state index < -0.39 is 0 Å². The first-order chi connectivity index (χ1) is 6.65. The SMILES string of the molecule is CNC(C)C1CCCCN1CC(N)=O. The van der Waals surface area contributed by atoms with E-state index in [0.717, 1.165) is 13.0 Å². The topological polar surface area (TPSA) is 58.4 Å². The van der Waals surface area contributed by atoms with Crippen molar-refractivity contribution in [2.45, 2.75) is 38.3 Å². The Bertz CT molecular complexity index is 196. The number of likely N-dealkylation sites (N-methyl/N-ethyl adjacent to an activating group) is 1. The molecule has 4 nitrogen and oxygen atoms in total. The lowest BCUT2D eigenvalue weighted by Crippen LogP contribution is -2.52. The van der Waals surface area contributed by atoms with Crippen molar-refractivity contribution in [1.82, 2.24) is 10.2 Å². The van der Waals surface area contributed by atoms with Gasteiger partial charge in [-0.1, -0.05) is 6.42 Å². The molecule has 3 N–H and O–H groups in total. The lowest BCUT2D eigenvalue weighted by molar-refractivity contribution is -0.120. The fourth-order valence-electron chi connectivity index (χ4n) is 2.17. The lowest BCUT2D eigenvalue weighted by atomic mass is 9.96. The molecule has 1 saturated heterocycles. The molecule has 82 valence electrons. The smallest absolute Gasteiger partial charge is 0.231 e. The molecular formula is C10H21N3O. The van der Waals surface area contributed by atoms with E-state index in [4.69, 9.17) is 5.73 Å². The minimum absolute atomic E-state index is 0.222. The van der Waals surface area contributed by atoms with Crippen LogP contribution in [-0.4, -0.2) is 43.0 Å². The van der Waals surface area contributed by atoms with Gasteiger partial charge in [-0.2, -0.15) is 0 Å². The largest absolute Gasteiger partial charge is 0.369 e. The number of hydrogen-bond donors (Lipinski definition) is 2. The van der Waals surface area contributed by atoms with Gasteiger partial charge in [0.25, 0.3) is 0 Å². The Morgan fingerprint density at radius 2 is 2.36 bits per heavy atom. The Morgan fingerprint density at radius 1 is 1.64 bits per heavy atom. The van der Waals surface area contributed by atoms with Crippen molar-refractivity contribution >= 4 is 5.91 Å². The van der Waals surface area contributed by atoms with Crippen LogP contribution in [0.5, 0.6) is 0 Å². The normalized spacial score (nSPS) is 26.0. The monoisotopic (exact) mass is 199 g/mol. The summed E-state index contributed by atoms with van der Waals surface area (Å²) in [4.78, 5) is 13.1. The summed E-state index contributed by atoms with van der Waals surface area (Å²) in [5.41, 5.74) is 5.23. The highest BCUT2D eigenvalue weighted by atomic mass is 16.1. The highest BCUT2D eigenvalue weighted by molar-refractivity contribution is 5.76. The zero-order valence-electron chi connectivity index (χ0n) is 9.12. The van der Waals surface area contributed by atoms with Crippen LogP contribution in [0.1, 0.15) is 26.2 Å². The van der Waals surface area contributed by atoms with Gasteiger partial charge >= 0.3 is 0 Å². The predicted octanol–water partition coefficient (Wildman–Crippen LogP) is -0.0659. The van der Waals surface area contributed by atoms with Crippen LogP contribution in [0.15, 0.2) is 0 Å². The molecule has 1 aliphatic rings. The summed E-state index contributed by atoms with van der Waals surface area (Å²) in [7, 11) is 1.96. The molecule has 0 aliphatic carbocycles. The molecule has 0 saturated carbocycles. The molecule has 0 aromatic heterocycles. The zero-order valence-corrected chi connectivity index (χ0v) is 9.12. The number of carbonyl (C=O) groups is 1. The summed E-state index contributed by atoms with van der Waals surface area (Å²) in [6, 6.07) is 0.885. The highest BCUT2D eigenvalue weighted by Crippen LogP contribution is 2.18. The quantitative estimate of drug-likeness (QED) is 0.666. The van der Waals surface area contributed by atoms with Gasteiger partial charge in [-0.25, -0.2) is 0 Å². The number of likely N-dealkylation sites (tertiary alicyclic amines) is 1. The van der Waals surface area contributed by atoms with E-state index in [2.05, 4.69) is 17.1 Å². The number of piperidine rings is 1. The molecule has 1 aliphatic heterocycles. The molecule has 0 radical (unpaired) electrons. The first-order valence-corrected chi connectivity index (χ1v) is 5.34. The van der Waals surface area contributed by atoms with Crippen LogP contribution in [0, 0.1) is 0 Å². The molecule has 4 heteroatoms. The van der Waals surface area contributed by atoms with Crippen molar-refractivity contribution in [3.8, 4) is 0 Å². The van der Waals surface area contributed by atoms with Gasteiger partial charge < -0.3 is 11.1 Å². The number of nitrogens with one attached hydrogen (secondary N) is 1. The maximum Gasteiger partial charge on any atom is 0.231 e. The average molecular weight is 199 g/mol. The lowest BCUT2D eigenvalue weighted by Gasteiger charge is -2.38. The number of nitrogens with zero attached hydrogens (tertiary/aromatic N) is 1. The van der Waals surface area contributed by atoms with Crippen molar-refractivity contribution in [3.63, 3.8) is 0 Å². The van der Waals surface area contributed by atoms with Crippen molar-refractivity contribution in [2.75, 3.05) is 20.1 Å². The molecule has 0 aromatic rings. The van der Waals surface area contributed by atoms with Crippen molar-refractivity contribution in [2.24, 2.45) is 5.73 Å². The molecule has 0 aromatic carbocycles. The molecule has 1 amide bonds. The molecular weight excluding hydrogens is 178 g/mol. The van der Waals surface area contributed by atoms with E-state index in [-0.39, 0.29) is 5.91 Å². The van der Waals surface area contributed by atoms with Gasteiger partial charge in [-0.3, -0.25) is 9.69 Å². The molecule has 2 unspecified atom stereocenters. The van der Waals surface area contributed by atoms with E-state index in [1.54, 1.807) is 0 Å². The molecule has 0 bridgehead atoms.